The first kappa shape index (κ1) is 19.6. The van der Waals surface area contributed by atoms with Crippen LogP contribution in [0.25, 0.3) is 11.0 Å². The molecule has 0 radical (unpaired) electrons. The predicted octanol–water partition coefficient (Wildman–Crippen LogP) is 2.84. The molecule has 0 saturated carbocycles. The Morgan fingerprint density at radius 1 is 0.867 bits per heavy atom. The van der Waals surface area contributed by atoms with Crippen molar-refractivity contribution in [2.75, 3.05) is 0 Å². The van der Waals surface area contributed by atoms with Crippen molar-refractivity contribution in [1.29, 1.82) is 0 Å². The van der Waals surface area contributed by atoms with Gasteiger partial charge in [0.2, 0.25) is 5.91 Å². The van der Waals surface area contributed by atoms with Gasteiger partial charge in [-0.05, 0) is 48.4 Å². The molecule has 0 aliphatic heterocycles. The maximum Gasteiger partial charge on any atom is 0.329 e. The molecule has 0 aliphatic rings. The average Bonchev–Trinajstić information content (AvgIpc) is 3.05. The van der Waals surface area contributed by atoms with Crippen LogP contribution in [0.1, 0.15) is 18.1 Å². The van der Waals surface area contributed by atoms with Gasteiger partial charge in [-0.15, -0.1) is 0 Å². The monoisotopic (exact) mass is 401 g/mol. The summed E-state index contributed by atoms with van der Waals surface area (Å²) in [5.41, 5.74) is 3.35. The number of fused-ring (bicyclic) bond motifs is 1. The molecular weight excluding hydrogens is 378 g/mol. The number of aromatic nitrogens is 4. The van der Waals surface area contributed by atoms with Gasteiger partial charge in [-0.3, -0.25) is 23.9 Å². The molecule has 3 heterocycles. The van der Waals surface area contributed by atoms with E-state index >= 15 is 0 Å². The molecular formula is C23H23N5O2. The van der Waals surface area contributed by atoms with Gasteiger partial charge in [0, 0.05) is 44.4 Å². The summed E-state index contributed by atoms with van der Waals surface area (Å²) < 4.78 is 3.25. The van der Waals surface area contributed by atoms with Crippen molar-refractivity contribution in [2.45, 2.75) is 33.1 Å². The molecule has 1 aromatic carbocycles. The summed E-state index contributed by atoms with van der Waals surface area (Å²) in [5, 5.41) is 0. The summed E-state index contributed by atoms with van der Waals surface area (Å²) in [6.07, 6.45) is 6.88. The van der Waals surface area contributed by atoms with Crippen molar-refractivity contribution in [3.05, 3.63) is 94.9 Å². The molecule has 0 fully saturated rings. The van der Waals surface area contributed by atoms with Crippen LogP contribution in [0.5, 0.6) is 0 Å². The minimum atomic E-state index is -0.169. The fourth-order valence-electron chi connectivity index (χ4n) is 3.62. The van der Waals surface area contributed by atoms with Crippen LogP contribution in [0.3, 0.4) is 0 Å². The van der Waals surface area contributed by atoms with Crippen molar-refractivity contribution < 1.29 is 4.79 Å². The van der Waals surface area contributed by atoms with Crippen LogP contribution in [-0.2, 0) is 31.0 Å². The Morgan fingerprint density at radius 3 is 2.23 bits per heavy atom. The zero-order valence-corrected chi connectivity index (χ0v) is 16.8. The third-order valence-electron chi connectivity index (χ3n) is 5.11. The summed E-state index contributed by atoms with van der Waals surface area (Å²) in [5.74, 6) is -0.128. The van der Waals surface area contributed by atoms with Gasteiger partial charge >= 0.3 is 5.69 Å². The van der Waals surface area contributed by atoms with Crippen LogP contribution in [0.2, 0.25) is 0 Å². The highest BCUT2D eigenvalue weighted by Crippen LogP contribution is 2.15. The molecule has 4 aromatic rings. The smallest absolute Gasteiger partial charge is 0.329 e. The molecule has 0 bridgehead atoms. The Kier molecular flexibility index (Phi) is 5.70. The molecule has 0 aliphatic carbocycles. The maximum atomic E-state index is 13.3. The lowest BCUT2D eigenvalue weighted by atomic mass is 10.2. The largest absolute Gasteiger partial charge is 0.332 e. The topological polar surface area (TPSA) is 73.0 Å². The number of carbonyl (C=O) groups is 1. The van der Waals surface area contributed by atoms with Crippen molar-refractivity contribution in [3.8, 4) is 0 Å². The molecule has 7 nitrogen and oxygen atoms in total. The zero-order chi connectivity index (χ0) is 20.9. The Morgan fingerprint density at radius 2 is 1.57 bits per heavy atom. The molecule has 4 rings (SSSR count). The molecule has 0 spiro atoms. The molecule has 1 amide bonds. The van der Waals surface area contributed by atoms with Crippen molar-refractivity contribution in [1.82, 2.24) is 24.0 Å². The number of benzene rings is 1. The molecule has 3 aromatic heterocycles. The van der Waals surface area contributed by atoms with Crippen molar-refractivity contribution >= 4 is 16.9 Å². The van der Waals surface area contributed by atoms with Gasteiger partial charge in [0.15, 0.2) is 0 Å². The Bertz CT molecular complexity index is 1160. The summed E-state index contributed by atoms with van der Waals surface area (Å²) in [6, 6.07) is 15.1. The van der Waals surface area contributed by atoms with E-state index in [1.54, 1.807) is 38.8 Å². The second kappa shape index (κ2) is 8.73. The summed E-state index contributed by atoms with van der Waals surface area (Å²) >= 11 is 0. The third kappa shape index (κ3) is 4.00. The van der Waals surface area contributed by atoms with E-state index in [4.69, 9.17) is 0 Å². The highest BCUT2D eigenvalue weighted by molar-refractivity contribution is 5.81. The molecule has 152 valence electrons. The van der Waals surface area contributed by atoms with Gasteiger partial charge in [-0.25, -0.2) is 4.79 Å². The fourth-order valence-corrected chi connectivity index (χ4v) is 3.62. The van der Waals surface area contributed by atoms with E-state index in [9.17, 15) is 9.59 Å². The summed E-state index contributed by atoms with van der Waals surface area (Å²) in [4.78, 5) is 36.2. The first-order valence-electron chi connectivity index (χ1n) is 9.91. The second-order valence-corrected chi connectivity index (χ2v) is 7.07. The summed E-state index contributed by atoms with van der Waals surface area (Å²) in [6.45, 7) is 3.31. The highest BCUT2D eigenvalue weighted by atomic mass is 16.2. The molecule has 0 unspecified atom stereocenters. The van der Waals surface area contributed by atoms with Crippen LogP contribution in [0, 0.1) is 0 Å². The number of para-hydroxylation sites is 2. The lowest BCUT2D eigenvalue weighted by Gasteiger charge is -2.23. The number of amides is 1. The van der Waals surface area contributed by atoms with E-state index in [0.29, 0.717) is 19.6 Å². The minimum absolute atomic E-state index is 0.0162. The first-order valence-corrected chi connectivity index (χ1v) is 9.91. The van der Waals surface area contributed by atoms with Crippen LogP contribution < -0.4 is 5.69 Å². The minimum Gasteiger partial charge on any atom is -0.332 e. The lowest BCUT2D eigenvalue weighted by Crippen LogP contribution is -2.36. The quantitative estimate of drug-likeness (QED) is 0.477. The van der Waals surface area contributed by atoms with Crippen molar-refractivity contribution in [3.63, 3.8) is 0 Å². The van der Waals surface area contributed by atoms with E-state index < -0.39 is 0 Å². The highest BCUT2D eigenvalue weighted by Gasteiger charge is 2.19. The van der Waals surface area contributed by atoms with Crippen LogP contribution in [0.15, 0.2) is 78.1 Å². The number of aryl methyl sites for hydroxylation is 1. The predicted molar refractivity (Wildman–Crippen MR) is 115 cm³/mol. The Balaban J connectivity index is 1.66. The summed E-state index contributed by atoms with van der Waals surface area (Å²) in [7, 11) is 0. The van der Waals surface area contributed by atoms with Crippen LogP contribution >= 0.6 is 0 Å². The van der Waals surface area contributed by atoms with Gasteiger partial charge in [-0.2, -0.15) is 0 Å². The molecule has 0 atom stereocenters. The SMILES string of the molecule is CCn1c(=O)n(CC(=O)N(Cc2ccncc2)Cc2cccnc2)c2ccccc21. The maximum absolute atomic E-state index is 13.3. The second-order valence-electron chi connectivity index (χ2n) is 7.07. The first-order chi connectivity index (χ1) is 14.7. The number of carbonyl (C=O) groups excluding carboxylic acids is 1. The molecule has 30 heavy (non-hydrogen) atoms. The van der Waals surface area contributed by atoms with Gasteiger partial charge < -0.3 is 4.90 Å². The molecule has 0 saturated heterocycles. The normalized spacial score (nSPS) is 11.0. The van der Waals surface area contributed by atoms with Gasteiger partial charge in [0.05, 0.1) is 11.0 Å². The van der Waals surface area contributed by atoms with Gasteiger partial charge in [-0.1, -0.05) is 18.2 Å². The lowest BCUT2D eigenvalue weighted by molar-refractivity contribution is -0.133. The van der Waals surface area contributed by atoms with E-state index in [-0.39, 0.29) is 18.1 Å². The van der Waals surface area contributed by atoms with Crippen LogP contribution in [0.4, 0.5) is 0 Å². The van der Waals surface area contributed by atoms with Gasteiger partial charge in [0.25, 0.3) is 0 Å². The standard InChI is InChI=1S/C23H23N5O2/c1-2-27-20-7-3-4-8-21(20)28(23(27)30)17-22(29)26(15-18-9-12-24-13-10-18)16-19-6-5-11-25-14-19/h3-14H,2,15-17H2,1H3. The zero-order valence-electron chi connectivity index (χ0n) is 16.8. The number of nitrogens with zero attached hydrogens (tertiary/aromatic N) is 5. The number of hydrogen-bond acceptors (Lipinski definition) is 4. The third-order valence-corrected chi connectivity index (χ3v) is 5.11. The van der Waals surface area contributed by atoms with Crippen molar-refractivity contribution in [2.24, 2.45) is 0 Å². The number of hydrogen-bond donors (Lipinski definition) is 0. The number of imidazole rings is 1. The molecule has 7 heteroatoms. The van der Waals surface area contributed by atoms with E-state index in [1.807, 2.05) is 55.5 Å². The Labute approximate surface area is 174 Å². The average molecular weight is 401 g/mol. The van der Waals surface area contributed by atoms with Gasteiger partial charge in [0.1, 0.15) is 6.54 Å². The van der Waals surface area contributed by atoms with E-state index in [2.05, 4.69) is 9.97 Å². The van der Waals surface area contributed by atoms with Crippen LogP contribution in [-0.4, -0.2) is 29.9 Å². The van der Waals surface area contributed by atoms with E-state index in [1.165, 1.54) is 0 Å². The number of pyridine rings is 2. The van der Waals surface area contributed by atoms with E-state index in [0.717, 1.165) is 22.2 Å². The Hall–Kier alpha value is -3.74. The number of rotatable bonds is 7. The fraction of sp³-hybridized carbons (Fsp3) is 0.217. The molecule has 0 N–H and O–H groups in total.